The fourth-order valence-corrected chi connectivity index (χ4v) is 5.80. The SMILES string of the molecule is Nc1cccc(C([O-])=Nc2cccc(C([O-])=Nc3ccc(S(=O)(=O)O)c4cc(S(=O)(=O)[O-])cc(S(=O)(=O)O)c34)c2)c1.[Na+].[Na+].[Na+]. The third kappa shape index (κ3) is 9.57. The number of nitrogen functional groups attached to an aromatic ring is 1. The number of anilines is 1. The van der Waals surface area contributed by atoms with Gasteiger partial charge in [0.15, 0.2) is 0 Å². The van der Waals surface area contributed by atoms with Gasteiger partial charge in [-0.3, -0.25) is 19.1 Å². The molecule has 214 valence electrons. The molecule has 20 heteroatoms. The summed E-state index contributed by atoms with van der Waals surface area (Å²) in [6, 6.07) is 13.4. The first kappa shape index (κ1) is 40.6. The number of nitrogens with two attached hydrogens (primary N) is 1. The van der Waals surface area contributed by atoms with E-state index in [1.807, 2.05) is 0 Å². The summed E-state index contributed by atoms with van der Waals surface area (Å²) in [5.41, 5.74) is 5.47. The van der Waals surface area contributed by atoms with Gasteiger partial charge in [0.2, 0.25) is 0 Å². The van der Waals surface area contributed by atoms with Gasteiger partial charge >= 0.3 is 88.7 Å². The summed E-state index contributed by atoms with van der Waals surface area (Å²) in [7, 11) is -15.9. The Kier molecular flexibility index (Phi) is 14.3. The first-order valence-electron chi connectivity index (χ1n) is 10.9. The molecule has 4 aromatic rings. The fourth-order valence-electron chi connectivity index (χ4n) is 3.78. The molecule has 4 aromatic carbocycles. The van der Waals surface area contributed by atoms with Crippen LogP contribution in [0.4, 0.5) is 17.1 Å². The number of aliphatic imine (C=N–C) groups is 2. The van der Waals surface area contributed by atoms with Gasteiger partial charge in [-0.1, -0.05) is 24.3 Å². The van der Waals surface area contributed by atoms with Crippen molar-refractivity contribution >= 4 is 70.0 Å². The fraction of sp³-hybridized carbons (Fsp3) is 0. The topological polar surface area (TPSA) is 263 Å². The van der Waals surface area contributed by atoms with Crippen molar-refractivity contribution in [1.82, 2.24) is 0 Å². The summed E-state index contributed by atoms with van der Waals surface area (Å²) in [4.78, 5) is 4.14. The molecule has 0 amide bonds. The predicted octanol–water partition coefficient (Wildman–Crippen LogP) is -8.29. The maximum atomic E-state index is 13.0. The van der Waals surface area contributed by atoms with E-state index in [0.29, 0.717) is 17.8 Å². The van der Waals surface area contributed by atoms with Gasteiger partial charge in [-0.05, 0) is 71.5 Å². The molecule has 0 radical (unpaired) electrons. The van der Waals surface area contributed by atoms with E-state index in [-0.39, 0.29) is 112 Å². The first-order valence-corrected chi connectivity index (χ1v) is 15.2. The normalized spacial score (nSPS) is 12.5. The summed E-state index contributed by atoms with van der Waals surface area (Å²) in [6.45, 7) is 0. The minimum Gasteiger partial charge on any atom is -0.858 e. The maximum absolute atomic E-state index is 13.0. The van der Waals surface area contributed by atoms with Crippen LogP contribution in [-0.2, 0) is 30.4 Å². The van der Waals surface area contributed by atoms with Crippen LogP contribution in [0.25, 0.3) is 10.8 Å². The average molecular weight is 688 g/mol. The number of benzene rings is 4. The number of nitrogens with zero attached hydrogens (tertiary/aromatic N) is 2. The van der Waals surface area contributed by atoms with Crippen molar-refractivity contribution in [3.63, 3.8) is 0 Å². The number of fused-ring (bicyclic) bond motifs is 1. The Morgan fingerprint density at radius 2 is 1.23 bits per heavy atom. The predicted molar refractivity (Wildman–Crippen MR) is 141 cm³/mol. The molecule has 0 aliphatic heterocycles. The Balaban J connectivity index is 0.00000323. The molecule has 0 saturated heterocycles. The zero-order chi connectivity index (χ0) is 30.3. The van der Waals surface area contributed by atoms with E-state index in [1.54, 1.807) is 12.1 Å². The summed E-state index contributed by atoms with van der Waals surface area (Å²) >= 11 is 0. The second kappa shape index (κ2) is 15.5. The summed E-state index contributed by atoms with van der Waals surface area (Å²) in [5, 5.41) is 23.9. The molecule has 0 heterocycles. The number of hydrogen-bond donors (Lipinski definition) is 3. The Morgan fingerprint density at radius 1 is 0.682 bits per heavy atom. The van der Waals surface area contributed by atoms with Gasteiger partial charge < -0.3 is 20.5 Å². The smallest absolute Gasteiger partial charge is 0.858 e. The average Bonchev–Trinajstić information content (AvgIpc) is 2.86. The molecule has 14 nitrogen and oxygen atoms in total. The van der Waals surface area contributed by atoms with Crippen molar-refractivity contribution in [2.75, 3.05) is 5.73 Å². The van der Waals surface area contributed by atoms with Crippen molar-refractivity contribution in [2.45, 2.75) is 14.7 Å². The van der Waals surface area contributed by atoms with Gasteiger partial charge in [-0.15, -0.1) is 0 Å². The largest absolute Gasteiger partial charge is 1.00 e. The van der Waals surface area contributed by atoms with Crippen LogP contribution < -0.4 is 105 Å². The first-order chi connectivity index (χ1) is 18.9. The molecule has 0 atom stereocenters. The molecular formula is C24H16N3Na3O11S3. The van der Waals surface area contributed by atoms with E-state index in [4.69, 9.17) is 5.73 Å². The Hall–Kier alpha value is -1.39. The van der Waals surface area contributed by atoms with Crippen LogP contribution in [0, 0.1) is 0 Å². The van der Waals surface area contributed by atoms with Crippen LogP contribution in [0.2, 0.25) is 0 Å². The van der Waals surface area contributed by atoms with Crippen LogP contribution in [0.1, 0.15) is 11.1 Å². The third-order valence-corrected chi connectivity index (χ3v) is 8.12. The number of rotatable bonds is 7. The summed E-state index contributed by atoms with van der Waals surface area (Å²) in [5.74, 6) is -1.73. The quantitative estimate of drug-likeness (QED) is 0.0538. The molecular weight excluding hydrogens is 671 g/mol. The van der Waals surface area contributed by atoms with Gasteiger partial charge in [-0.25, -0.2) is 8.42 Å². The molecule has 0 aliphatic carbocycles. The third-order valence-electron chi connectivity index (χ3n) is 5.51. The second-order valence-electron chi connectivity index (χ2n) is 8.34. The zero-order valence-electron chi connectivity index (χ0n) is 23.2. The van der Waals surface area contributed by atoms with Gasteiger partial charge in [0, 0.05) is 16.5 Å². The molecule has 0 bridgehead atoms. The van der Waals surface area contributed by atoms with Gasteiger partial charge in [0.1, 0.15) is 19.9 Å². The minimum absolute atomic E-state index is 0. The number of hydrogen-bond acceptors (Lipinski definition) is 12. The molecule has 0 aromatic heterocycles. The minimum atomic E-state index is -5.40. The van der Waals surface area contributed by atoms with Gasteiger partial charge in [-0.2, -0.15) is 16.8 Å². The molecule has 4 N–H and O–H groups in total. The van der Waals surface area contributed by atoms with Gasteiger partial charge in [0.05, 0.1) is 16.3 Å². The molecule has 0 aliphatic rings. The van der Waals surface area contributed by atoms with Crippen LogP contribution in [0.15, 0.2) is 97.5 Å². The zero-order valence-corrected chi connectivity index (χ0v) is 31.6. The van der Waals surface area contributed by atoms with Crippen molar-refractivity contribution in [1.29, 1.82) is 0 Å². The molecule has 44 heavy (non-hydrogen) atoms. The van der Waals surface area contributed by atoms with Crippen molar-refractivity contribution < 1.29 is 138 Å². The molecule has 0 fully saturated rings. The van der Waals surface area contributed by atoms with Crippen LogP contribution in [0.3, 0.4) is 0 Å². The molecule has 4 rings (SSSR count). The van der Waals surface area contributed by atoms with Gasteiger partial charge in [0.25, 0.3) is 20.2 Å². The van der Waals surface area contributed by atoms with E-state index in [0.717, 1.165) is 6.07 Å². The van der Waals surface area contributed by atoms with Crippen LogP contribution in [-0.4, -0.2) is 50.7 Å². The summed E-state index contributed by atoms with van der Waals surface area (Å²) in [6.07, 6.45) is 0. The van der Waals surface area contributed by atoms with Crippen LogP contribution >= 0.6 is 0 Å². The molecule has 0 saturated carbocycles. The molecule has 0 unspecified atom stereocenters. The Labute approximate surface area is 318 Å². The van der Waals surface area contributed by atoms with E-state index in [2.05, 4.69) is 9.98 Å². The van der Waals surface area contributed by atoms with E-state index in [1.165, 1.54) is 36.4 Å². The van der Waals surface area contributed by atoms with E-state index in [9.17, 15) is 49.1 Å². The standard InChI is InChI=1S/C24H19N3O11S3.3Na/c25-15-5-1-3-13(9-15)23(28)26-16-6-2-4-14(10-16)24(29)27-19-7-8-20(40(33,34)35)18-11-17(39(30,31)32)12-21(22(18)19)41(36,37)38;;;/h1-12H,25H2,(H,26,28)(H,27,29)(H,30,31,32)(H,33,34,35)(H,36,37,38);;;/q;3*+1/p-3. The monoisotopic (exact) mass is 687 g/mol. The van der Waals surface area contributed by atoms with Crippen molar-refractivity contribution in [3.05, 3.63) is 83.9 Å². The Morgan fingerprint density at radius 3 is 1.77 bits per heavy atom. The maximum Gasteiger partial charge on any atom is 1.00 e. The van der Waals surface area contributed by atoms with Crippen molar-refractivity contribution in [2.24, 2.45) is 9.98 Å². The Bertz CT molecular complexity index is 2120. The molecule has 0 spiro atoms. The van der Waals surface area contributed by atoms with Crippen LogP contribution in [0.5, 0.6) is 0 Å². The summed E-state index contributed by atoms with van der Waals surface area (Å²) < 4.78 is 102. The van der Waals surface area contributed by atoms with E-state index >= 15 is 0 Å². The van der Waals surface area contributed by atoms with E-state index < -0.39 is 73.3 Å². The second-order valence-corrected chi connectivity index (χ2v) is 12.5. The van der Waals surface area contributed by atoms with Crippen molar-refractivity contribution in [3.8, 4) is 0 Å².